The molecule has 0 amide bonds. The van der Waals surface area contributed by atoms with Crippen LogP contribution in [0.25, 0.3) is 0 Å². The van der Waals surface area contributed by atoms with Crippen molar-refractivity contribution in [3.05, 3.63) is 0 Å². The molecule has 3 heteroatoms. The highest BCUT2D eigenvalue weighted by Crippen LogP contribution is 2.15. The minimum atomic E-state index is 0.800. The first-order chi connectivity index (χ1) is 7.24. The summed E-state index contributed by atoms with van der Waals surface area (Å²) < 4.78 is 0. The number of nitrogens with zero attached hydrogens (tertiary/aromatic N) is 2. The van der Waals surface area contributed by atoms with E-state index in [1.54, 1.807) is 0 Å². The molecule has 1 saturated heterocycles. The van der Waals surface area contributed by atoms with Gasteiger partial charge in [0.05, 0.1) is 0 Å². The fourth-order valence-electron chi connectivity index (χ4n) is 2.33. The van der Waals surface area contributed by atoms with Crippen molar-refractivity contribution in [1.29, 1.82) is 0 Å². The molecule has 1 aliphatic heterocycles. The summed E-state index contributed by atoms with van der Waals surface area (Å²) in [5.74, 6) is 0. The van der Waals surface area contributed by atoms with Gasteiger partial charge >= 0.3 is 0 Å². The molecule has 90 valence electrons. The SMILES string of the molecule is CCN1CCC[C@H]1CNCCCN(C)C. The Hall–Kier alpha value is -0.120. The first-order valence-corrected chi connectivity index (χ1v) is 6.33. The van der Waals surface area contributed by atoms with Gasteiger partial charge in [-0.05, 0) is 59.5 Å². The van der Waals surface area contributed by atoms with Gasteiger partial charge in [0.15, 0.2) is 0 Å². The molecule has 0 aliphatic carbocycles. The third-order valence-corrected chi connectivity index (χ3v) is 3.24. The average Bonchev–Trinajstić information content (AvgIpc) is 2.64. The van der Waals surface area contributed by atoms with Crippen molar-refractivity contribution >= 4 is 0 Å². The van der Waals surface area contributed by atoms with Gasteiger partial charge in [-0.3, -0.25) is 4.90 Å². The first kappa shape index (κ1) is 12.9. The molecule has 1 heterocycles. The lowest BCUT2D eigenvalue weighted by Crippen LogP contribution is -2.38. The predicted octanol–water partition coefficient (Wildman–Crippen LogP) is 1.01. The van der Waals surface area contributed by atoms with Crippen molar-refractivity contribution < 1.29 is 0 Å². The zero-order valence-electron chi connectivity index (χ0n) is 10.6. The van der Waals surface area contributed by atoms with E-state index in [0.717, 1.165) is 12.6 Å². The lowest BCUT2D eigenvalue weighted by atomic mass is 10.2. The number of rotatable bonds is 7. The molecule has 15 heavy (non-hydrogen) atoms. The van der Waals surface area contributed by atoms with Gasteiger partial charge in [-0.1, -0.05) is 6.92 Å². The quantitative estimate of drug-likeness (QED) is 0.637. The van der Waals surface area contributed by atoms with Crippen LogP contribution < -0.4 is 5.32 Å². The molecule has 1 aliphatic rings. The highest BCUT2D eigenvalue weighted by atomic mass is 15.2. The highest BCUT2D eigenvalue weighted by molar-refractivity contribution is 4.79. The first-order valence-electron chi connectivity index (χ1n) is 6.33. The standard InChI is InChI=1S/C12H27N3/c1-4-15-10-5-7-12(15)11-13-8-6-9-14(2)3/h12-13H,4-11H2,1-3H3/t12-/m0/s1. The maximum Gasteiger partial charge on any atom is 0.0220 e. The Morgan fingerprint density at radius 3 is 2.87 bits per heavy atom. The monoisotopic (exact) mass is 213 g/mol. The van der Waals surface area contributed by atoms with Gasteiger partial charge in [0.25, 0.3) is 0 Å². The molecule has 0 aromatic heterocycles. The van der Waals surface area contributed by atoms with E-state index in [0.29, 0.717) is 0 Å². The van der Waals surface area contributed by atoms with Crippen LogP contribution in [0.1, 0.15) is 26.2 Å². The van der Waals surface area contributed by atoms with E-state index in [-0.39, 0.29) is 0 Å². The fraction of sp³-hybridized carbons (Fsp3) is 1.00. The number of hydrogen-bond acceptors (Lipinski definition) is 3. The molecule has 1 rings (SSSR count). The summed E-state index contributed by atoms with van der Waals surface area (Å²) in [7, 11) is 4.27. The van der Waals surface area contributed by atoms with E-state index in [4.69, 9.17) is 0 Å². The maximum atomic E-state index is 3.58. The van der Waals surface area contributed by atoms with E-state index in [1.165, 1.54) is 45.4 Å². The summed E-state index contributed by atoms with van der Waals surface area (Å²) in [4.78, 5) is 4.84. The number of hydrogen-bond donors (Lipinski definition) is 1. The molecule has 1 atom stereocenters. The van der Waals surface area contributed by atoms with Gasteiger partial charge in [0, 0.05) is 12.6 Å². The second kappa shape index (κ2) is 7.20. The molecule has 0 unspecified atom stereocenters. The van der Waals surface area contributed by atoms with E-state index in [1.807, 2.05) is 0 Å². The summed E-state index contributed by atoms with van der Waals surface area (Å²) in [6, 6.07) is 0.800. The number of likely N-dealkylation sites (tertiary alicyclic amines) is 1. The Morgan fingerprint density at radius 2 is 2.20 bits per heavy atom. The Labute approximate surface area is 94.8 Å². The second-order valence-corrected chi connectivity index (χ2v) is 4.79. The van der Waals surface area contributed by atoms with Crippen LogP contribution in [0.15, 0.2) is 0 Å². The van der Waals surface area contributed by atoms with Gasteiger partial charge in [-0.25, -0.2) is 0 Å². The maximum absolute atomic E-state index is 3.58. The smallest absolute Gasteiger partial charge is 0.0220 e. The summed E-state index contributed by atoms with van der Waals surface area (Å²) in [6.45, 7) is 8.32. The summed E-state index contributed by atoms with van der Waals surface area (Å²) in [5.41, 5.74) is 0. The van der Waals surface area contributed by atoms with E-state index < -0.39 is 0 Å². The third kappa shape index (κ3) is 4.96. The lowest BCUT2D eigenvalue weighted by Gasteiger charge is -2.23. The van der Waals surface area contributed by atoms with Crippen molar-refractivity contribution in [3.63, 3.8) is 0 Å². The zero-order valence-corrected chi connectivity index (χ0v) is 10.6. The highest BCUT2D eigenvalue weighted by Gasteiger charge is 2.21. The molecule has 1 N–H and O–H groups in total. The molecule has 0 aromatic carbocycles. The van der Waals surface area contributed by atoms with Crippen molar-refractivity contribution in [2.75, 3.05) is 46.8 Å². The molecule has 3 nitrogen and oxygen atoms in total. The topological polar surface area (TPSA) is 18.5 Å². The molecule has 0 spiro atoms. The predicted molar refractivity (Wildman–Crippen MR) is 66.3 cm³/mol. The second-order valence-electron chi connectivity index (χ2n) is 4.79. The lowest BCUT2D eigenvalue weighted by molar-refractivity contribution is 0.259. The van der Waals surface area contributed by atoms with Gasteiger partial charge in [0.1, 0.15) is 0 Å². The largest absolute Gasteiger partial charge is 0.315 e. The van der Waals surface area contributed by atoms with Crippen LogP contribution in [-0.4, -0.2) is 62.7 Å². The summed E-state index contributed by atoms with van der Waals surface area (Å²) in [6.07, 6.45) is 4.03. The van der Waals surface area contributed by atoms with Gasteiger partial charge in [-0.2, -0.15) is 0 Å². The van der Waals surface area contributed by atoms with E-state index in [2.05, 4.69) is 36.1 Å². The van der Waals surface area contributed by atoms with Gasteiger partial charge in [-0.15, -0.1) is 0 Å². The van der Waals surface area contributed by atoms with Crippen LogP contribution in [0.5, 0.6) is 0 Å². The Balaban J connectivity index is 1.99. The summed E-state index contributed by atoms with van der Waals surface area (Å²) >= 11 is 0. The average molecular weight is 213 g/mol. The van der Waals surface area contributed by atoms with Crippen LogP contribution in [0, 0.1) is 0 Å². The van der Waals surface area contributed by atoms with Crippen molar-refractivity contribution in [1.82, 2.24) is 15.1 Å². The van der Waals surface area contributed by atoms with Crippen LogP contribution in [0.2, 0.25) is 0 Å². The fourth-order valence-corrected chi connectivity index (χ4v) is 2.33. The molecule has 0 radical (unpaired) electrons. The minimum absolute atomic E-state index is 0.800. The number of nitrogens with one attached hydrogen (secondary N) is 1. The molecule has 0 aromatic rings. The normalized spacial score (nSPS) is 22.8. The van der Waals surface area contributed by atoms with Crippen molar-refractivity contribution in [3.8, 4) is 0 Å². The molecule has 0 saturated carbocycles. The summed E-state index contributed by atoms with van der Waals surface area (Å²) in [5, 5.41) is 3.58. The molecular formula is C12H27N3. The third-order valence-electron chi connectivity index (χ3n) is 3.24. The van der Waals surface area contributed by atoms with Gasteiger partial charge < -0.3 is 10.2 Å². The van der Waals surface area contributed by atoms with Crippen LogP contribution >= 0.6 is 0 Å². The van der Waals surface area contributed by atoms with Crippen LogP contribution in [0.3, 0.4) is 0 Å². The van der Waals surface area contributed by atoms with Crippen LogP contribution in [0.4, 0.5) is 0 Å². The van der Waals surface area contributed by atoms with E-state index in [9.17, 15) is 0 Å². The molecule has 0 bridgehead atoms. The Kier molecular flexibility index (Phi) is 6.22. The molecular weight excluding hydrogens is 186 g/mol. The zero-order chi connectivity index (χ0) is 11.1. The Morgan fingerprint density at radius 1 is 1.40 bits per heavy atom. The van der Waals surface area contributed by atoms with Gasteiger partial charge in [0.2, 0.25) is 0 Å². The van der Waals surface area contributed by atoms with Crippen molar-refractivity contribution in [2.45, 2.75) is 32.2 Å². The van der Waals surface area contributed by atoms with Crippen LogP contribution in [-0.2, 0) is 0 Å². The van der Waals surface area contributed by atoms with E-state index >= 15 is 0 Å². The molecule has 1 fully saturated rings. The minimum Gasteiger partial charge on any atom is -0.315 e. The van der Waals surface area contributed by atoms with Crippen molar-refractivity contribution in [2.24, 2.45) is 0 Å². The number of likely N-dealkylation sites (N-methyl/N-ethyl adjacent to an activating group) is 1. The Bertz CT molecular complexity index is 159.